The summed E-state index contributed by atoms with van der Waals surface area (Å²) in [6, 6.07) is 0. The van der Waals surface area contributed by atoms with Gasteiger partial charge >= 0.3 is 0 Å². The normalized spacial score (nSPS) is 10.2. The molecule has 0 aromatic carbocycles. The lowest BCUT2D eigenvalue weighted by atomic mass is 10.0. The summed E-state index contributed by atoms with van der Waals surface area (Å²) in [4.78, 5) is 0. The van der Waals surface area contributed by atoms with Crippen molar-refractivity contribution in [1.29, 1.82) is 0 Å². The van der Waals surface area contributed by atoms with Crippen molar-refractivity contribution in [1.82, 2.24) is 0 Å². The second-order valence-corrected chi connectivity index (χ2v) is 6.11. The first kappa shape index (κ1) is 31.5. The van der Waals surface area contributed by atoms with Crippen LogP contribution in [0.15, 0.2) is 12.7 Å². The van der Waals surface area contributed by atoms with Crippen molar-refractivity contribution >= 4 is 0 Å². The van der Waals surface area contributed by atoms with Gasteiger partial charge in [0.25, 0.3) is 0 Å². The molecule has 0 amide bonds. The lowest BCUT2D eigenvalue weighted by Gasteiger charge is -2.09. The van der Waals surface area contributed by atoms with Crippen molar-refractivity contribution in [3.63, 3.8) is 0 Å². The highest BCUT2D eigenvalue weighted by molar-refractivity contribution is 4.60. The molecule has 1 unspecified atom stereocenters. The highest BCUT2D eigenvalue weighted by Crippen LogP contribution is 2.12. The smallest absolute Gasteiger partial charge is 0.0540 e. The van der Waals surface area contributed by atoms with E-state index in [4.69, 9.17) is 0 Å². The van der Waals surface area contributed by atoms with Crippen molar-refractivity contribution < 1.29 is 5.11 Å². The molecular formula is C23H52O. The molecule has 0 bridgehead atoms. The lowest BCUT2D eigenvalue weighted by molar-refractivity contribution is 0.147. The quantitative estimate of drug-likeness (QED) is 0.277. The van der Waals surface area contributed by atoms with E-state index in [0.717, 1.165) is 19.3 Å². The molecule has 0 aromatic rings. The fraction of sp³-hybridized carbons (Fsp3) is 0.913. The van der Waals surface area contributed by atoms with Crippen LogP contribution in [0.3, 0.4) is 0 Å². The fourth-order valence-electron chi connectivity index (χ4n) is 1.93. The zero-order valence-corrected chi connectivity index (χ0v) is 18.5. The molecule has 0 heterocycles. The molecule has 0 aromatic heterocycles. The average molecular weight is 345 g/mol. The van der Waals surface area contributed by atoms with Crippen LogP contribution >= 0.6 is 0 Å². The number of unbranched alkanes of at least 4 members (excludes halogenated alkanes) is 7. The van der Waals surface area contributed by atoms with Crippen molar-refractivity contribution in [2.24, 2.45) is 0 Å². The van der Waals surface area contributed by atoms with E-state index in [2.05, 4.69) is 41.2 Å². The first-order valence-electron chi connectivity index (χ1n) is 10.9. The first-order valence-corrected chi connectivity index (χ1v) is 10.9. The van der Waals surface area contributed by atoms with E-state index in [1.807, 2.05) is 19.9 Å². The summed E-state index contributed by atoms with van der Waals surface area (Å²) in [5.74, 6) is 0. The van der Waals surface area contributed by atoms with Crippen LogP contribution in [0.2, 0.25) is 0 Å². The second-order valence-electron chi connectivity index (χ2n) is 6.11. The van der Waals surface area contributed by atoms with Gasteiger partial charge in [-0.25, -0.2) is 0 Å². The minimum atomic E-state index is -0.0246. The van der Waals surface area contributed by atoms with Crippen molar-refractivity contribution in [3.8, 4) is 0 Å². The Morgan fingerprint density at radius 1 is 0.708 bits per heavy atom. The summed E-state index contributed by atoms with van der Waals surface area (Å²) in [7, 11) is 0. The van der Waals surface area contributed by atoms with Gasteiger partial charge in [0.05, 0.1) is 6.10 Å². The van der Waals surface area contributed by atoms with Gasteiger partial charge in [0, 0.05) is 0 Å². The standard InChI is InChI=1S/C14H30O.C4H8.C3H8.C2H6/c1-3-5-7-9-11-13-14(15)12-10-8-6-4-2;1-3-4-2;1-3-2;1-2/h14-15H,3-13H2,1-2H3;3H,1,4H2,2H3;3H2,1-2H3;1-2H3. The molecule has 0 spiro atoms. The Kier molecular flexibility index (Phi) is 50.3. The second kappa shape index (κ2) is 38.3. The molecule has 150 valence electrons. The van der Waals surface area contributed by atoms with E-state index in [0.29, 0.717) is 0 Å². The van der Waals surface area contributed by atoms with E-state index >= 15 is 0 Å². The first-order chi connectivity index (χ1) is 11.6. The molecule has 1 heteroatoms. The van der Waals surface area contributed by atoms with Crippen LogP contribution in [0, 0.1) is 0 Å². The van der Waals surface area contributed by atoms with Crippen molar-refractivity contribution in [2.75, 3.05) is 0 Å². The summed E-state index contributed by atoms with van der Waals surface area (Å²) in [5, 5.41) is 9.71. The zero-order chi connectivity index (χ0) is 19.5. The summed E-state index contributed by atoms with van der Waals surface area (Å²) in [5.41, 5.74) is 0. The molecule has 0 aliphatic heterocycles. The van der Waals surface area contributed by atoms with Crippen LogP contribution in [0.4, 0.5) is 0 Å². The third kappa shape index (κ3) is 49.5. The maximum absolute atomic E-state index is 9.71. The zero-order valence-electron chi connectivity index (χ0n) is 18.5. The number of hydrogen-bond acceptors (Lipinski definition) is 1. The van der Waals surface area contributed by atoms with Crippen molar-refractivity contribution in [2.45, 2.75) is 138 Å². The van der Waals surface area contributed by atoms with Gasteiger partial charge < -0.3 is 5.11 Å². The molecule has 0 rings (SSSR count). The van der Waals surface area contributed by atoms with Crippen LogP contribution in [-0.4, -0.2) is 11.2 Å². The third-order valence-electron chi connectivity index (χ3n) is 3.32. The molecule has 0 saturated heterocycles. The number of hydrogen-bond donors (Lipinski definition) is 1. The van der Waals surface area contributed by atoms with E-state index in [9.17, 15) is 5.11 Å². The minimum Gasteiger partial charge on any atom is -0.393 e. The maximum Gasteiger partial charge on any atom is 0.0540 e. The lowest BCUT2D eigenvalue weighted by Crippen LogP contribution is -2.05. The van der Waals surface area contributed by atoms with Gasteiger partial charge in [-0.1, -0.05) is 119 Å². The van der Waals surface area contributed by atoms with Crippen LogP contribution in [0.25, 0.3) is 0 Å². The van der Waals surface area contributed by atoms with E-state index in [-0.39, 0.29) is 6.10 Å². The Morgan fingerprint density at radius 2 is 1.00 bits per heavy atom. The summed E-state index contributed by atoms with van der Waals surface area (Å²) < 4.78 is 0. The van der Waals surface area contributed by atoms with Gasteiger partial charge in [-0.2, -0.15) is 0 Å². The van der Waals surface area contributed by atoms with Gasteiger partial charge in [0.1, 0.15) is 0 Å². The summed E-state index contributed by atoms with van der Waals surface area (Å²) in [6.45, 7) is 18.3. The van der Waals surface area contributed by atoms with Crippen LogP contribution in [0.1, 0.15) is 132 Å². The topological polar surface area (TPSA) is 20.2 Å². The molecule has 0 fully saturated rings. The van der Waals surface area contributed by atoms with Gasteiger partial charge in [0.2, 0.25) is 0 Å². The molecule has 0 aliphatic carbocycles. The molecular weight excluding hydrogens is 292 g/mol. The molecule has 24 heavy (non-hydrogen) atoms. The highest BCUT2D eigenvalue weighted by Gasteiger charge is 2.02. The van der Waals surface area contributed by atoms with E-state index in [1.165, 1.54) is 64.2 Å². The molecule has 1 atom stereocenters. The average Bonchev–Trinajstić information content (AvgIpc) is 2.61. The minimum absolute atomic E-state index is 0.0246. The Hall–Kier alpha value is -0.300. The monoisotopic (exact) mass is 344 g/mol. The number of rotatable bonds is 12. The summed E-state index contributed by atoms with van der Waals surface area (Å²) >= 11 is 0. The van der Waals surface area contributed by atoms with Crippen LogP contribution < -0.4 is 0 Å². The predicted octanol–water partition coefficient (Wildman–Crippen LogP) is 8.70. The largest absolute Gasteiger partial charge is 0.393 e. The number of allylic oxidation sites excluding steroid dienone is 1. The molecule has 1 N–H and O–H groups in total. The Bertz CT molecular complexity index is 165. The van der Waals surface area contributed by atoms with E-state index < -0.39 is 0 Å². The third-order valence-corrected chi connectivity index (χ3v) is 3.32. The molecule has 1 nitrogen and oxygen atoms in total. The Labute approximate surface area is 156 Å². The van der Waals surface area contributed by atoms with Crippen LogP contribution in [-0.2, 0) is 0 Å². The van der Waals surface area contributed by atoms with Gasteiger partial charge in [-0.05, 0) is 19.3 Å². The highest BCUT2D eigenvalue weighted by atomic mass is 16.3. The fourth-order valence-corrected chi connectivity index (χ4v) is 1.93. The number of aliphatic hydroxyl groups excluding tert-OH is 1. The molecule has 0 saturated carbocycles. The number of aliphatic hydroxyl groups is 1. The van der Waals surface area contributed by atoms with Crippen molar-refractivity contribution in [3.05, 3.63) is 12.7 Å². The van der Waals surface area contributed by atoms with Gasteiger partial charge in [0.15, 0.2) is 0 Å². The molecule has 0 aliphatic rings. The maximum atomic E-state index is 9.71. The summed E-state index contributed by atoms with van der Waals surface area (Å²) in [6.07, 6.45) is 17.9. The SMILES string of the molecule is C=CCC.CC.CCC.CCCCCCCC(O)CCCCCC. The van der Waals surface area contributed by atoms with E-state index in [1.54, 1.807) is 0 Å². The Balaban J connectivity index is -0.000000185. The van der Waals surface area contributed by atoms with Gasteiger partial charge in [-0.3, -0.25) is 0 Å². The molecule has 0 radical (unpaired) electrons. The Morgan fingerprint density at radius 3 is 1.29 bits per heavy atom. The predicted molar refractivity (Wildman–Crippen MR) is 116 cm³/mol. The van der Waals surface area contributed by atoms with Crippen LogP contribution in [0.5, 0.6) is 0 Å². The van der Waals surface area contributed by atoms with Gasteiger partial charge in [-0.15, -0.1) is 6.58 Å².